The Balaban J connectivity index is 3.92. The maximum atomic E-state index is 12.1. The fourth-order valence-electron chi connectivity index (χ4n) is 4.64. The minimum atomic E-state index is -3.89. The third-order valence-electron chi connectivity index (χ3n) is 7.03. The van der Waals surface area contributed by atoms with Gasteiger partial charge in [0.1, 0.15) is 0 Å². The van der Waals surface area contributed by atoms with Gasteiger partial charge in [0.05, 0.1) is 13.2 Å². The first-order valence-electron chi connectivity index (χ1n) is 15.9. The molecule has 0 aromatic rings. The number of rotatable bonds is 30. The van der Waals surface area contributed by atoms with Crippen LogP contribution in [0, 0.1) is 0 Å². The van der Waals surface area contributed by atoms with Gasteiger partial charge in [-0.2, -0.15) is 0 Å². The van der Waals surface area contributed by atoms with E-state index in [1.165, 1.54) is 122 Å². The summed E-state index contributed by atoms with van der Waals surface area (Å²) in [4.78, 5) is 12.5. The van der Waals surface area contributed by atoms with Gasteiger partial charge in [0.2, 0.25) is 0 Å². The van der Waals surface area contributed by atoms with Gasteiger partial charge in [-0.3, -0.25) is 9.05 Å². The molecule has 218 valence electrons. The van der Waals surface area contributed by atoms with Crippen LogP contribution in [0.3, 0.4) is 0 Å². The Kier molecular flexibility index (Phi) is 28.1. The van der Waals surface area contributed by atoms with Crippen molar-refractivity contribution in [2.75, 3.05) is 32.8 Å². The Morgan fingerprint density at radius 3 is 1.11 bits per heavy atom. The Labute approximate surface area is 226 Å². The molecule has 0 aromatic carbocycles. The third kappa shape index (κ3) is 27.1. The van der Waals surface area contributed by atoms with Crippen molar-refractivity contribution >= 4 is 7.82 Å². The SMILES string of the molecule is CCCCCCCCCOP(=O)(O)OCCCCCN(CCCCCCCC)CCCCCCCC. The summed E-state index contributed by atoms with van der Waals surface area (Å²) in [6, 6.07) is 0. The van der Waals surface area contributed by atoms with Crippen LogP contribution in [-0.2, 0) is 13.6 Å². The standard InChI is InChI=1S/C30H64NO4P/c1-4-7-10-13-16-19-24-29-34-36(32,33)35-30-25-20-23-28-31(26-21-17-14-11-8-5-2)27-22-18-15-12-9-6-3/h4-30H2,1-3H3,(H,32,33). The molecule has 0 amide bonds. The van der Waals surface area contributed by atoms with Crippen LogP contribution in [0.25, 0.3) is 0 Å². The summed E-state index contributed by atoms with van der Waals surface area (Å²) in [5.74, 6) is 0. The topological polar surface area (TPSA) is 59.0 Å². The van der Waals surface area contributed by atoms with Crippen molar-refractivity contribution in [2.45, 2.75) is 162 Å². The first kappa shape index (κ1) is 36.1. The zero-order valence-electron chi connectivity index (χ0n) is 24.7. The predicted octanol–water partition coefficient (Wildman–Crippen LogP) is 10.1. The molecule has 0 fully saturated rings. The van der Waals surface area contributed by atoms with Crippen molar-refractivity contribution in [3.05, 3.63) is 0 Å². The van der Waals surface area contributed by atoms with E-state index in [1.54, 1.807) is 0 Å². The molecule has 1 atom stereocenters. The summed E-state index contributed by atoms with van der Waals surface area (Å²) in [7, 11) is -3.89. The number of nitrogens with zero attached hydrogens (tertiary/aromatic N) is 1. The van der Waals surface area contributed by atoms with E-state index in [0.717, 1.165) is 38.6 Å². The Morgan fingerprint density at radius 2 is 0.750 bits per heavy atom. The number of hydrogen-bond acceptors (Lipinski definition) is 4. The minimum absolute atomic E-state index is 0.305. The summed E-state index contributed by atoms with van der Waals surface area (Å²) in [5.41, 5.74) is 0. The second kappa shape index (κ2) is 28.1. The summed E-state index contributed by atoms with van der Waals surface area (Å²) in [5, 5.41) is 0. The normalized spacial score (nSPS) is 13.5. The summed E-state index contributed by atoms with van der Waals surface area (Å²) >= 11 is 0. The van der Waals surface area contributed by atoms with E-state index in [4.69, 9.17) is 9.05 Å². The number of hydrogen-bond donors (Lipinski definition) is 1. The van der Waals surface area contributed by atoms with Crippen LogP contribution in [0.4, 0.5) is 0 Å². The lowest BCUT2D eigenvalue weighted by Crippen LogP contribution is -2.27. The molecule has 6 heteroatoms. The molecule has 0 radical (unpaired) electrons. The van der Waals surface area contributed by atoms with Crippen LogP contribution in [0.15, 0.2) is 0 Å². The third-order valence-corrected chi connectivity index (χ3v) is 8.05. The zero-order valence-corrected chi connectivity index (χ0v) is 25.6. The molecule has 0 bridgehead atoms. The van der Waals surface area contributed by atoms with Crippen molar-refractivity contribution in [3.63, 3.8) is 0 Å². The Morgan fingerprint density at radius 1 is 0.472 bits per heavy atom. The lowest BCUT2D eigenvalue weighted by Gasteiger charge is -2.22. The number of unbranched alkanes of at least 4 members (excludes halogenated alkanes) is 18. The largest absolute Gasteiger partial charge is 0.472 e. The Hall–Kier alpha value is 0.0700. The zero-order chi connectivity index (χ0) is 26.6. The first-order valence-corrected chi connectivity index (χ1v) is 17.4. The van der Waals surface area contributed by atoms with Crippen LogP contribution in [0.1, 0.15) is 162 Å². The second-order valence-electron chi connectivity index (χ2n) is 10.7. The highest BCUT2D eigenvalue weighted by Gasteiger charge is 2.20. The molecule has 1 N–H and O–H groups in total. The van der Waals surface area contributed by atoms with E-state index in [-0.39, 0.29) is 0 Å². The van der Waals surface area contributed by atoms with Crippen molar-refractivity contribution in [2.24, 2.45) is 0 Å². The molecule has 0 aliphatic carbocycles. The average molecular weight is 534 g/mol. The summed E-state index contributed by atoms with van der Waals surface area (Å²) < 4.78 is 22.4. The molecule has 36 heavy (non-hydrogen) atoms. The van der Waals surface area contributed by atoms with E-state index < -0.39 is 7.82 Å². The molecule has 0 aliphatic rings. The predicted molar refractivity (Wildman–Crippen MR) is 157 cm³/mol. The molecular formula is C30H64NO4P. The number of phosphoric acid groups is 1. The highest BCUT2D eigenvalue weighted by molar-refractivity contribution is 7.47. The fraction of sp³-hybridized carbons (Fsp3) is 1.00. The molecule has 0 aliphatic heterocycles. The molecular weight excluding hydrogens is 469 g/mol. The van der Waals surface area contributed by atoms with Gasteiger partial charge in [-0.05, 0) is 58.2 Å². The molecule has 0 spiro atoms. The molecule has 5 nitrogen and oxygen atoms in total. The van der Waals surface area contributed by atoms with Gasteiger partial charge in [-0.25, -0.2) is 4.57 Å². The number of phosphoric ester groups is 1. The highest BCUT2D eigenvalue weighted by atomic mass is 31.2. The van der Waals surface area contributed by atoms with E-state index in [2.05, 4.69) is 25.7 Å². The van der Waals surface area contributed by atoms with E-state index >= 15 is 0 Å². The van der Waals surface area contributed by atoms with Crippen LogP contribution < -0.4 is 0 Å². The smallest absolute Gasteiger partial charge is 0.303 e. The minimum Gasteiger partial charge on any atom is -0.303 e. The molecule has 0 heterocycles. The Bertz CT molecular complexity index is 462. The summed E-state index contributed by atoms with van der Waals surface area (Å²) in [6.07, 6.45) is 27.3. The van der Waals surface area contributed by atoms with Gasteiger partial charge in [0.15, 0.2) is 0 Å². The van der Waals surface area contributed by atoms with Crippen molar-refractivity contribution in [1.82, 2.24) is 4.90 Å². The maximum Gasteiger partial charge on any atom is 0.472 e. The van der Waals surface area contributed by atoms with Crippen molar-refractivity contribution in [3.8, 4) is 0 Å². The van der Waals surface area contributed by atoms with Crippen molar-refractivity contribution in [1.29, 1.82) is 0 Å². The van der Waals surface area contributed by atoms with Gasteiger partial charge in [0, 0.05) is 0 Å². The lowest BCUT2D eigenvalue weighted by atomic mass is 10.1. The highest BCUT2D eigenvalue weighted by Crippen LogP contribution is 2.43. The van der Waals surface area contributed by atoms with Crippen LogP contribution >= 0.6 is 7.82 Å². The summed E-state index contributed by atoms with van der Waals surface area (Å²) in [6.45, 7) is 11.0. The van der Waals surface area contributed by atoms with Gasteiger partial charge in [0.25, 0.3) is 0 Å². The van der Waals surface area contributed by atoms with E-state index in [1.807, 2.05) is 0 Å². The molecule has 0 rings (SSSR count). The average Bonchev–Trinajstić information content (AvgIpc) is 2.86. The van der Waals surface area contributed by atoms with Gasteiger partial charge in [-0.1, -0.05) is 124 Å². The first-order chi connectivity index (χ1) is 17.6. The lowest BCUT2D eigenvalue weighted by molar-refractivity contribution is 0.144. The fourth-order valence-corrected chi connectivity index (χ4v) is 5.43. The quantitative estimate of drug-likeness (QED) is 0.0735. The van der Waals surface area contributed by atoms with Gasteiger partial charge >= 0.3 is 7.82 Å². The van der Waals surface area contributed by atoms with Crippen LogP contribution in [0.2, 0.25) is 0 Å². The molecule has 0 aromatic heterocycles. The van der Waals surface area contributed by atoms with Crippen LogP contribution in [0.5, 0.6) is 0 Å². The van der Waals surface area contributed by atoms with Crippen LogP contribution in [-0.4, -0.2) is 42.6 Å². The maximum absolute atomic E-state index is 12.1. The van der Waals surface area contributed by atoms with Gasteiger partial charge in [-0.15, -0.1) is 0 Å². The van der Waals surface area contributed by atoms with E-state index in [0.29, 0.717) is 13.2 Å². The monoisotopic (exact) mass is 533 g/mol. The molecule has 0 saturated heterocycles. The molecule has 1 unspecified atom stereocenters. The second-order valence-corrected chi connectivity index (χ2v) is 12.1. The van der Waals surface area contributed by atoms with Gasteiger partial charge < -0.3 is 9.79 Å². The molecule has 0 saturated carbocycles. The van der Waals surface area contributed by atoms with E-state index in [9.17, 15) is 9.46 Å². The van der Waals surface area contributed by atoms with Crippen molar-refractivity contribution < 1.29 is 18.5 Å².